The molecule has 0 aliphatic carbocycles. The van der Waals surface area contributed by atoms with Crippen LogP contribution in [0.4, 0.5) is 0 Å². The molecule has 1 unspecified atom stereocenters. The summed E-state index contributed by atoms with van der Waals surface area (Å²) in [6.45, 7) is 4.00. The SMILES string of the molecule is C#CCOc1ccc(CCC(=O)C(N)c2ccc([CH2])cc2)cc1OC. The topological polar surface area (TPSA) is 61.5 Å². The van der Waals surface area contributed by atoms with Gasteiger partial charge in [-0.15, -0.1) is 6.42 Å². The van der Waals surface area contributed by atoms with Crippen molar-refractivity contribution in [3.8, 4) is 23.8 Å². The fourth-order valence-corrected chi connectivity index (χ4v) is 2.44. The smallest absolute Gasteiger partial charge is 0.162 e. The first-order valence-corrected chi connectivity index (χ1v) is 7.98. The van der Waals surface area contributed by atoms with Crippen molar-refractivity contribution in [3.63, 3.8) is 0 Å². The summed E-state index contributed by atoms with van der Waals surface area (Å²) < 4.78 is 10.7. The molecule has 129 valence electrons. The molecule has 0 aromatic heterocycles. The predicted octanol–water partition coefficient (Wildman–Crippen LogP) is 3.09. The van der Waals surface area contributed by atoms with Crippen LogP contribution in [0, 0.1) is 19.3 Å². The lowest BCUT2D eigenvalue weighted by Gasteiger charge is -2.13. The zero-order chi connectivity index (χ0) is 18.2. The lowest BCUT2D eigenvalue weighted by atomic mass is 9.97. The first-order chi connectivity index (χ1) is 12.0. The van der Waals surface area contributed by atoms with E-state index in [4.69, 9.17) is 21.6 Å². The van der Waals surface area contributed by atoms with Crippen LogP contribution in [0.5, 0.6) is 11.5 Å². The molecular formula is C21H22NO3. The van der Waals surface area contributed by atoms with E-state index < -0.39 is 6.04 Å². The maximum absolute atomic E-state index is 12.3. The quantitative estimate of drug-likeness (QED) is 0.753. The molecule has 1 atom stereocenters. The summed E-state index contributed by atoms with van der Waals surface area (Å²) in [7, 11) is 1.56. The van der Waals surface area contributed by atoms with Crippen molar-refractivity contribution >= 4 is 5.78 Å². The number of carbonyl (C=O) groups excluding carboxylic acids is 1. The number of Topliss-reactive ketones (excluding diaryl/α,β-unsaturated/α-hetero) is 1. The number of terminal acetylenes is 1. The molecule has 0 saturated heterocycles. The van der Waals surface area contributed by atoms with Crippen LogP contribution < -0.4 is 15.2 Å². The van der Waals surface area contributed by atoms with Crippen molar-refractivity contribution < 1.29 is 14.3 Å². The molecule has 0 amide bonds. The van der Waals surface area contributed by atoms with Crippen molar-refractivity contribution in [2.45, 2.75) is 18.9 Å². The fourth-order valence-electron chi connectivity index (χ4n) is 2.44. The van der Waals surface area contributed by atoms with Gasteiger partial charge in [-0.3, -0.25) is 4.79 Å². The third-order valence-electron chi connectivity index (χ3n) is 3.88. The van der Waals surface area contributed by atoms with Gasteiger partial charge in [0, 0.05) is 6.42 Å². The molecule has 2 rings (SSSR count). The molecule has 0 aliphatic heterocycles. The van der Waals surface area contributed by atoms with Crippen molar-refractivity contribution in [3.05, 3.63) is 66.1 Å². The van der Waals surface area contributed by atoms with Crippen LogP contribution in [0.25, 0.3) is 0 Å². The molecule has 0 aliphatic rings. The molecule has 0 fully saturated rings. The lowest BCUT2D eigenvalue weighted by molar-refractivity contribution is -0.120. The number of nitrogens with two attached hydrogens (primary N) is 1. The van der Waals surface area contributed by atoms with Gasteiger partial charge in [-0.1, -0.05) is 36.3 Å². The number of hydrogen-bond donors (Lipinski definition) is 1. The van der Waals surface area contributed by atoms with Crippen LogP contribution in [-0.2, 0) is 11.2 Å². The van der Waals surface area contributed by atoms with E-state index in [9.17, 15) is 4.79 Å². The average molecular weight is 336 g/mol. The predicted molar refractivity (Wildman–Crippen MR) is 98.5 cm³/mol. The number of aryl methyl sites for hydroxylation is 1. The van der Waals surface area contributed by atoms with Crippen molar-refractivity contribution in [1.29, 1.82) is 0 Å². The number of ketones is 1. The standard InChI is InChI=1S/C21H22NO3/c1-4-13-25-19-12-8-16(14-20(19)24-3)7-11-18(23)21(22)17-9-5-15(2)6-10-17/h1,5-6,8-10,12,14,21H,2,7,11,13,22H2,3H3. The van der Waals surface area contributed by atoms with E-state index in [1.54, 1.807) is 13.2 Å². The third-order valence-corrected chi connectivity index (χ3v) is 3.88. The summed E-state index contributed by atoms with van der Waals surface area (Å²) in [5.41, 5.74) is 8.72. The number of benzene rings is 2. The maximum atomic E-state index is 12.3. The molecule has 0 bridgehead atoms. The summed E-state index contributed by atoms with van der Waals surface area (Å²) in [6, 6.07) is 12.3. The summed E-state index contributed by atoms with van der Waals surface area (Å²) >= 11 is 0. The van der Waals surface area contributed by atoms with Gasteiger partial charge in [0.05, 0.1) is 13.2 Å². The summed E-state index contributed by atoms with van der Waals surface area (Å²) in [5.74, 6) is 3.58. The highest BCUT2D eigenvalue weighted by Gasteiger charge is 2.16. The number of methoxy groups -OCH3 is 1. The average Bonchev–Trinajstić information content (AvgIpc) is 2.64. The Morgan fingerprint density at radius 1 is 1.24 bits per heavy atom. The van der Waals surface area contributed by atoms with E-state index in [1.807, 2.05) is 36.4 Å². The van der Waals surface area contributed by atoms with Gasteiger partial charge >= 0.3 is 0 Å². The second-order valence-corrected chi connectivity index (χ2v) is 5.66. The van der Waals surface area contributed by atoms with Crippen molar-refractivity contribution in [1.82, 2.24) is 0 Å². The molecule has 0 spiro atoms. The number of ether oxygens (including phenoxy) is 2. The molecule has 2 N–H and O–H groups in total. The van der Waals surface area contributed by atoms with Gasteiger partial charge in [0.25, 0.3) is 0 Å². The fraction of sp³-hybridized carbons (Fsp3) is 0.238. The molecule has 0 heterocycles. The largest absolute Gasteiger partial charge is 0.493 e. The zero-order valence-corrected chi connectivity index (χ0v) is 14.3. The Morgan fingerprint density at radius 2 is 1.96 bits per heavy atom. The van der Waals surface area contributed by atoms with Crippen LogP contribution in [0.2, 0.25) is 0 Å². The minimum atomic E-state index is -0.624. The Kier molecular flexibility index (Phi) is 6.62. The van der Waals surface area contributed by atoms with Gasteiger partial charge < -0.3 is 15.2 Å². The first-order valence-electron chi connectivity index (χ1n) is 7.98. The van der Waals surface area contributed by atoms with Gasteiger partial charge in [0.2, 0.25) is 0 Å². The summed E-state index contributed by atoms with van der Waals surface area (Å²) in [5, 5.41) is 0. The Morgan fingerprint density at radius 3 is 2.60 bits per heavy atom. The molecule has 4 heteroatoms. The Labute approximate surface area is 149 Å². The number of carbonyl (C=O) groups is 1. The summed E-state index contributed by atoms with van der Waals surface area (Å²) in [6.07, 6.45) is 6.12. The highest BCUT2D eigenvalue weighted by atomic mass is 16.5. The highest BCUT2D eigenvalue weighted by molar-refractivity contribution is 5.85. The zero-order valence-electron chi connectivity index (χ0n) is 14.3. The minimum absolute atomic E-state index is 0.0107. The van der Waals surface area contributed by atoms with E-state index in [1.165, 1.54) is 0 Å². The van der Waals surface area contributed by atoms with Crippen molar-refractivity contribution in [2.24, 2.45) is 5.73 Å². The van der Waals surface area contributed by atoms with Crippen LogP contribution in [-0.4, -0.2) is 19.5 Å². The van der Waals surface area contributed by atoms with Gasteiger partial charge in [-0.25, -0.2) is 0 Å². The van der Waals surface area contributed by atoms with E-state index in [-0.39, 0.29) is 12.4 Å². The second kappa shape index (κ2) is 8.91. The Hall–Kier alpha value is -2.77. The third kappa shape index (κ3) is 5.10. The van der Waals surface area contributed by atoms with Gasteiger partial charge in [0.1, 0.15) is 6.61 Å². The minimum Gasteiger partial charge on any atom is -0.493 e. The molecular weight excluding hydrogens is 314 g/mol. The van der Waals surface area contributed by atoms with Gasteiger partial charge in [-0.05, 0) is 42.2 Å². The van der Waals surface area contributed by atoms with Crippen molar-refractivity contribution in [2.75, 3.05) is 13.7 Å². The molecule has 1 radical (unpaired) electrons. The highest BCUT2D eigenvalue weighted by Crippen LogP contribution is 2.28. The maximum Gasteiger partial charge on any atom is 0.162 e. The second-order valence-electron chi connectivity index (χ2n) is 5.66. The normalized spacial score (nSPS) is 11.4. The molecule has 4 nitrogen and oxygen atoms in total. The van der Waals surface area contributed by atoms with Crippen LogP contribution in [0.3, 0.4) is 0 Å². The molecule has 0 saturated carbocycles. The molecule has 2 aromatic rings. The van der Waals surface area contributed by atoms with Gasteiger partial charge in [0.15, 0.2) is 17.3 Å². The molecule has 25 heavy (non-hydrogen) atoms. The van der Waals surface area contributed by atoms with Gasteiger partial charge in [-0.2, -0.15) is 0 Å². The lowest BCUT2D eigenvalue weighted by Crippen LogP contribution is -2.21. The Balaban J connectivity index is 1.99. The summed E-state index contributed by atoms with van der Waals surface area (Å²) in [4.78, 5) is 12.3. The first kappa shape index (κ1) is 18.6. The van der Waals surface area contributed by atoms with Crippen LogP contribution >= 0.6 is 0 Å². The number of rotatable bonds is 8. The van der Waals surface area contributed by atoms with Crippen LogP contribution in [0.1, 0.15) is 29.2 Å². The van der Waals surface area contributed by atoms with E-state index in [0.717, 1.165) is 16.7 Å². The van der Waals surface area contributed by atoms with E-state index in [2.05, 4.69) is 12.8 Å². The Bertz CT molecular complexity index is 760. The molecule has 2 aromatic carbocycles. The van der Waals surface area contributed by atoms with E-state index in [0.29, 0.717) is 24.3 Å². The number of hydrogen-bond acceptors (Lipinski definition) is 4. The van der Waals surface area contributed by atoms with E-state index >= 15 is 0 Å². The van der Waals surface area contributed by atoms with Crippen LogP contribution in [0.15, 0.2) is 42.5 Å². The monoisotopic (exact) mass is 336 g/mol.